The molecule has 98 valence electrons. The zero-order valence-electron chi connectivity index (χ0n) is 10.4. The molecule has 0 fully saturated rings. The van der Waals surface area contributed by atoms with Gasteiger partial charge in [0.1, 0.15) is 12.2 Å². The van der Waals surface area contributed by atoms with Crippen molar-refractivity contribution < 1.29 is 14.3 Å². The molecular weight excluding hydrogens is 266 g/mol. The van der Waals surface area contributed by atoms with E-state index in [1.165, 1.54) is 13.0 Å². The number of alkyl halides is 1. The first-order chi connectivity index (χ1) is 9.08. The molecule has 0 spiro atoms. The van der Waals surface area contributed by atoms with Gasteiger partial charge in [-0.05, 0) is 30.7 Å². The van der Waals surface area contributed by atoms with E-state index < -0.39 is 11.8 Å². The topological polar surface area (TPSA) is 67.2 Å². The van der Waals surface area contributed by atoms with Crippen LogP contribution in [0.2, 0.25) is 0 Å². The molecule has 1 rings (SSSR count). The fourth-order valence-corrected chi connectivity index (χ4v) is 1.46. The first-order valence-electron chi connectivity index (χ1n) is 5.54. The van der Waals surface area contributed by atoms with Crippen molar-refractivity contribution in [2.45, 2.75) is 6.92 Å². The number of rotatable bonds is 5. The number of hydrogen-bond donors (Lipinski definition) is 0. The highest BCUT2D eigenvalue weighted by Crippen LogP contribution is 2.11. The standard InChI is InChI=1S/C14H12ClNO3/c1-10(17)13(14(18)19-6-5-15)8-11-3-2-4-12(7-11)9-16/h2-4,7-8H,5-6H2,1H3. The highest BCUT2D eigenvalue weighted by Gasteiger charge is 2.15. The van der Waals surface area contributed by atoms with E-state index in [4.69, 9.17) is 21.6 Å². The summed E-state index contributed by atoms with van der Waals surface area (Å²) in [7, 11) is 0. The van der Waals surface area contributed by atoms with E-state index in [2.05, 4.69) is 0 Å². The molecule has 1 aromatic rings. The van der Waals surface area contributed by atoms with E-state index >= 15 is 0 Å². The van der Waals surface area contributed by atoms with Crippen LogP contribution in [0.1, 0.15) is 18.1 Å². The van der Waals surface area contributed by atoms with Crippen molar-refractivity contribution in [3.63, 3.8) is 0 Å². The molecule has 0 radical (unpaired) electrons. The molecule has 0 bridgehead atoms. The normalized spacial score (nSPS) is 10.7. The number of carbonyl (C=O) groups excluding carboxylic acids is 2. The van der Waals surface area contributed by atoms with Gasteiger partial charge in [0.15, 0.2) is 5.78 Å². The summed E-state index contributed by atoms with van der Waals surface area (Å²) in [5, 5.41) is 8.79. The summed E-state index contributed by atoms with van der Waals surface area (Å²) in [5.74, 6) is -0.946. The van der Waals surface area contributed by atoms with E-state index in [9.17, 15) is 9.59 Å². The fraction of sp³-hybridized carbons (Fsp3) is 0.214. The van der Waals surface area contributed by atoms with Crippen LogP contribution in [-0.2, 0) is 14.3 Å². The van der Waals surface area contributed by atoms with Crippen LogP contribution in [0.25, 0.3) is 6.08 Å². The molecule has 5 heteroatoms. The molecule has 0 aliphatic heterocycles. The molecule has 1 aromatic carbocycles. The van der Waals surface area contributed by atoms with E-state index in [1.54, 1.807) is 24.3 Å². The van der Waals surface area contributed by atoms with Gasteiger partial charge in [0.05, 0.1) is 17.5 Å². The average Bonchev–Trinajstić information content (AvgIpc) is 2.42. The fourth-order valence-electron chi connectivity index (χ4n) is 1.38. The molecule has 0 amide bonds. The number of Topliss-reactive ketones (excluding diaryl/α,β-unsaturated/α-hetero) is 1. The quantitative estimate of drug-likeness (QED) is 0.272. The van der Waals surface area contributed by atoms with Crippen molar-refractivity contribution in [1.82, 2.24) is 0 Å². The van der Waals surface area contributed by atoms with Gasteiger partial charge in [-0.25, -0.2) is 4.79 Å². The summed E-state index contributed by atoms with van der Waals surface area (Å²) in [6.45, 7) is 1.32. The molecule has 4 nitrogen and oxygen atoms in total. The van der Waals surface area contributed by atoms with Gasteiger partial charge in [0, 0.05) is 0 Å². The molecule has 0 aliphatic carbocycles. The lowest BCUT2D eigenvalue weighted by Crippen LogP contribution is -2.14. The number of benzene rings is 1. The van der Waals surface area contributed by atoms with Gasteiger partial charge in [-0.3, -0.25) is 4.79 Å². The second-order valence-electron chi connectivity index (χ2n) is 3.68. The van der Waals surface area contributed by atoms with Gasteiger partial charge >= 0.3 is 5.97 Å². The van der Waals surface area contributed by atoms with E-state index in [0.29, 0.717) is 11.1 Å². The molecule has 0 aromatic heterocycles. The SMILES string of the molecule is CC(=O)C(=Cc1cccc(C#N)c1)C(=O)OCCCl. The predicted octanol–water partition coefficient (Wildman–Crippen LogP) is 2.31. The zero-order chi connectivity index (χ0) is 14.3. The van der Waals surface area contributed by atoms with Crippen LogP contribution in [0.5, 0.6) is 0 Å². The maximum absolute atomic E-state index is 11.7. The Bertz CT molecular complexity index is 558. The minimum absolute atomic E-state index is 0.0449. The molecule has 0 N–H and O–H groups in total. The van der Waals surface area contributed by atoms with E-state index in [-0.39, 0.29) is 18.1 Å². The third kappa shape index (κ3) is 4.57. The molecular formula is C14H12ClNO3. The van der Waals surface area contributed by atoms with Crippen LogP contribution in [0, 0.1) is 11.3 Å². The van der Waals surface area contributed by atoms with Crippen LogP contribution in [0.3, 0.4) is 0 Å². The van der Waals surface area contributed by atoms with Crippen LogP contribution < -0.4 is 0 Å². The smallest absolute Gasteiger partial charge is 0.341 e. The molecule has 0 unspecified atom stereocenters. The van der Waals surface area contributed by atoms with Crippen molar-refractivity contribution in [2.75, 3.05) is 12.5 Å². The monoisotopic (exact) mass is 277 g/mol. The van der Waals surface area contributed by atoms with Crippen molar-refractivity contribution in [1.29, 1.82) is 5.26 Å². The second-order valence-corrected chi connectivity index (χ2v) is 4.05. The lowest BCUT2D eigenvalue weighted by atomic mass is 10.1. The predicted molar refractivity (Wildman–Crippen MR) is 71.5 cm³/mol. The third-order valence-electron chi connectivity index (χ3n) is 2.24. The molecule has 0 saturated heterocycles. The molecule has 19 heavy (non-hydrogen) atoms. The molecule has 0 heterocycles. The highest BCUT2D eigenvalue weighted by atomic mass is 35.5. The maximum atomic E-state index is 11.7. The number of nitriles is 1. The first kappa shape index (κ1) is 14.9. The molecule has 0 atom stereocenters. The lowest BCUT2D eigenvalue weighted by molar-refractivity contribution is -0.139. The number of ether oxygens (including phenoxy) is 1. The summed E-state index contributed by atoms with van der Waals surface area (Å²) >= 11 is 5.41. The average molecular weight is 278 g/mol. The Hall–Kier alpha value is -2.12. The summed E-state index contributed by atoms with van der Waals surface area (Å²) in [6.07, 6.45) is 1.40. The first-order valence-corrected chi connectivity index (χ1v) is 6.08. The third-order valence-corrected chi connectivity index (χ3v) is 2.39. The summed E-state index contributed by atoms with van der Waals surface area (Å²) < 4.78 is 4.82. The second kappa shape index (κ2) is 7.34. The van der Waals surface area contributed by atoms with Gasteiger partial charge < -0.3 is 4.74 Å². The van der Waals surface area contributed by atoms with E-state index in [0.717, 1.165) is 0 Å². The zero-order valence-corrected chi connectivity index (χ0v) is 11.1. The van der Waals surface area contributed by atoms with E-state index in [1.807, 2.05) is 6.07 Å². The van der Waals surface area contributed by atoms with Crippen molar-refractivity contribution in [2.24, 2.45) is 0 Å². The lowest BCUT2D eigenvalue weighted by Gasteiger charge is -2.04. The summed E-state index contributed by atoms with van der Waals surface area (Å²) in [6, 6.07) is 8.57. The van der Waals surface area contributed by atoms with Crippen LogP contribution in [0.4, 0.5) is 0 Å². The summed E-state index contributed by atoms with van der Waals surface area (Å²) in [5.41, 5.74) is 0.970. The van der Waals surface area contributed by atoms with Crippen molar-refractivity contribution >= 4 is 29.4 Å². The largest absolute Gasteiger partial charge is 0.461 e. The van der Waals surface area contributed by atoms with Crippen LogP contribution in [0.15, 0.2) is 29.8 Å². The minimum Gasteiger partial charge on any atom is -0.461 e. The van der Waals surface area contributed by atoms with Crippen LogP contribution in [-0.4, -0.2) is 24.2 Å². The number of carbonyl (C=O) groups is 2. The van der Waals surface area contributed by atoms with Gasteiger partial charge in [0.25, 0.3) is 0 Å². The van der Waals surface area contributed by atoms with Gasteiger partial charge in [-0.1, -0.05) is 12.1 Å². The Kier molecular flexibility index (Phi) is 5.77. The Morgan fingerprint density at radius 3 is 2.79 bits per heavy atom. The van der Waals surface area contributed by atoms with Gasteiger partial charge in [-0.2, -0.15) is 5.26 Å². The molecule has 0 saturated carbocycles. The Morgan fingerprint density at radius 2 is 2.21 bits per heavy atom. The van der Waals surface area contributed by atoms with Crippen molar-refractivity contribution in [3.8, 4) is 6.07 Å². The Balaban J connectivity index is 3.04. The Morgan fingerprint density at radius 1 is 1.47 bits per heavy atom. The van der Waals surface area contributed by atoms with Gasteiger partial charge in [-0.15, -0.1) is 11.6 Å². The van der Waals surface area contributed by atoms with Crippen LogP contribution >= 0.6 is 11.6 Å². The number of nitrogens with zero attached hydrogens (tertiary/aromatic N) is 1. The highest BCUT2D eigenvalue weighted by molar-refractivity contribution is 6.20. The maximum Gasteiger partial charge on any atom is 0.341 e. The van der Waals surface area contributed by atoms with Crippen molar-refractivity contribution in [3.05, 3.63) is 41.0 Å². The summed E-state index contributed by atoms with van der Waals surface area (Å²) in [4.78, 5) is 23.1. The molecule has 0 aliphatic rings. The minimum atomic E-state index is -0.712. The Labute approximate surface area is 116 Å². The number of ketones is 1. The number of halogens is 1. The number of esters is 1. The van der Waals surface area contributed by atoms with Gasteiger partial charge in [0.2, 0.25) is 0 Å². The number of hydrogen-bond acceptors (Lipinski definition) is 4.